The number of methoxy groups -OCH3 is 1. The largest absolute Gasteiger partial charge is 0.481 e. The van der Waals surface area contributed by atoms with E-state index >= 15 is 0 Å². The fraction of sp³-hybridized carbons (Fsp3) is 0.143. The maximum absolute atomic E-state index is 13.6. The lowest BCUT2D eigenvalue weighted by atomic mass is 10.1. The number of aromatic nitrogens is 1. The van der Waals surface area contributed by atoms with Gasteiger partial charge in [-0.15, -0.1) is 0 Å². The third kappa shape index (κ3) is 3.03. The molecule has 0 aliphatic heterocycles. The van der Waals surface area contributed by atoms with Crippen molar-refractivity contribution in [2.24, 2.45) is 5.73 Å². The number of nitrogens with two attached hydrogens (primary N) is 1. The van der Waals surface area contributed by atoms with Crippen LogP contribution in [0.15, 0.2) is 36.5 Å². The van der Waals surface area contributed by atoms with Crippen LogP contribution in [0, 0.1) is 5.82 Å². The number of hydrogen-bond acceptors (Lipinski definition) is 4. The predicted octanol–water partition coefficient (Wildman–Crippen LogP) is 1.94. The van der Waals surface area contributed by atoms with Crippen LogP contribution in [0.25, 0.3) is 0 Å². The van der Waals surface area contributed by atoms with Gasteiger partial charge in [-0.05, 0) is 23.8 Å². The first kappa shape index (κ1) is 13.8. The van der Waals surface area contributed by atoms with Gasteiger partial charge in [-0.3, -0.25) is 4.79 Å². The highest BCUT2D eigenvalue weighted by Crippen LogP contribution is 2.19. The monoisotopic (exact) mass is 275 g/mol. The van der Waals surface area contributed by atoms with Gasteiger partial charge in [0.25, 0.3) is 5.91 Å². The molecule has 0 bridgehead atoms. The molecule has 0 aliphatic rings. The predicted molar refractivity (Wildman–Crippen MR) is 73.0 cm³/mol. The molecule has 0 saturated carbocycles. The zero-order valence-electron chi connectivity index (χ0n) is 10.9. The number of nitrogens with zero attached hydrogens (tertiary/aromatic N) is 1. The summed E-state index contributed by atoms with van der Waals surface area (Å²) in [6, 6.07) is 7.84. The molecule has 0 spiro atoms. The average molecular weight is 275 g/mol. The highest BCUT2D eigenvalue weighted by Gasteiger charge is 2.13. The van der Waals surface area contributed by atoms with Crippen LogP contribution in [0.1, 0.15) is 15.9 Å². The van der Waals surface area contributed by atoms with Gasteiger partial charge >= 0.3 is 0 Å². The molecule has 0 saturated heterocycles. The number of carbonyl (C=O) groups is 1. The molecule has 2 aromatic rings. The number of benzene rings is 1. The van der Waals surface area contributed by atoms with Gasteiger partial charge in [0.2, 0.25) is 5.88 Å². The molecule has 0 aliphatic carbocycles. The zero-order valence-corrected chi connectivity index (χ0v) is 10.9. The summed E-state index contributed by atoms with van der Waals surface area (Å²) >= 11 is 0. The Balaban J connectivity index is 2.18. The second kappa shape index (κ2) is 6.01. The normalized spacial score (nSPS) is 10.1. The second-order valence-corrected chi connectivity index (χ2v) is 4.09. The minimum Gasteiger partial charge on any atom is -0.481 e. The first-order valence-corrected chi connectivity index (χ1v) is 5.93. The molecule has 104 valence electrons. The van der Waals surface area contributed by atoms with Gasteiger partial charge in [0.05, 0.1) is 18.4 Å². The van der Waals surface area contributed by atoms with Crippen molar-refractivity contribution in [1.82, 2.24) is 4.98 Å². The number of ether oxygens (including phenoxy) is 1. The summed E-state index contributed by atoms with van der Waals surface area (Å²) in [5.74, 6) is -0.966. The number of nitrogens with one attached hydrogen (secondary N) is 1. The molecule has 1 amide bonds. The van der Waals surface area contributed by atoms with Crippen molar-refractivity contribution in [3.05, 3.63) is 53.5 Å². The molecule has 6 heteroatoms. The van der Waals surface area contributed by atoms with E-state index in [1.165, 1.54) is 19.2 Å². The van der Waals surface area contributed by atoms with Crippen molar-refractivity contribution in [3.63, 3.8) is 0 Å². The maximum atomic E-state index is 13.6. The Morgan fingerprint density at radius 1 is 1.45 bits per heavy atom. The van der Waals surface area contributed by atoms with Crippen LogP contribution >= 0.6 is 0 Å². The lowest BCUT2D eigenvalue weighted by molar-refractivity contribution is 0.0997. The molecule has 20 heavy (non-hydrogen) atoms. The van der Waals surface area contributed by atoms with Crippen molar-refractivity contribution < 1.29 is 13.9 Å². The summed E-state index contributed by atoms with van der Waals surface area (Å²) < 4.78 is 18.6. The SMILES string of the molecule is COc1cc(CNc2cccc(F)c2C(N)=O)ccn1. The van der Waals surface area contributed by atoms with E-state index in [-0.39, 0.29) is 5.56 Å². The number of amides is 1. The Morgan fingerprint density at radius 2 is 2.25 bits per heavy atom. The highest BCUT2D eigenvalue weighted by molar-refractivity contribution is 5.98. The third-order valence-electron chi connectivity index (χ3n) is 2.75. The first-order valence-electron chi connectivity index (χ1n) is 5.93. The van der Waals surface area contributed by atoms with E-state index in [1.807, 2.05) is 0 Å². The number of anilines is 1. The smallest absolute Gasteiger partial charge is 0.253 e. The molecular weight excluding hydrogens is 261 g/mol. The number of halogens is 1. The number of primary amides is 1. The summed E-state index contributed by atoms with van der Waals surface area (Å²) in [6.07, 6.45) is 1.61. The van der Waals surface area contributed by atoms with Crippen molar-refractivity contribution in [2.45, 2.75) is 6.54 Å². The lowest BCUT2D eigenvalue weighted by Crippen LogP contribution is -2.16. The quantitative estimate of drug-likeness (QED) is 0.874. The van der Waals surface area contributed by atoms with Gasteiger partial charge in [-0.1, -0.05) is 6.07 Å². The van der Waals surface area contributed by atoms with Crippen LogP contribution < -0.4 is 15.8 Å². The Morgan fingerprint density at radius 3 is 2.95 bits per heavy atom. The standard InChI is InChI=1S/C14H14FN3O2/c1-20-12-7-9(5-6-17-12)8-18-11-4-2-3-10(15)13(11)14(16)19/h2-7,18H,8H2,1H3,(H2,16,19). The topological polar surface area (TPSA) is 77.2 Å². The van der Waals surface area contributed by atoms with Gasteiger partial charge in [-0.25, -0.2) is 9.37 Å². The summed E-state index contributed by atoms with van der Waals surface area (Å²) in [7, 11) is 1.53. The minimum absolute atomic E-state index is 0.145. The minimum atomic E-state index is -0.807. The first-order chi connectivity index (χ1) is 9.61. The van der Waals surface area contributed by atoms with E-state index in [0.29, 0.717) is 18.1 Å². The lowest BCUT2D eigenvalue weighted by Gasteiger charge is -2.11. The van der Waals surface area contributed by atoms with Gasteiger partial charge in [-0.2, -0.15) is 0 Å². The summed E-state index contributed by atoms with van der Waals surface area (Å²) in [4.78, 5) is 15.3. The van der Waals surface area contributed by atoms with Crippen LogP contribution in [0.2, 0.25) is 0 Å². The van der Waals surface area contributed by atoms with Crippen molar-refractivity contribution >= 4 is 11.6 Å². The van der Waals surface area contributed by atoms with Gasteiger partial charge in [0.15, 0.2) is 0 Å². The van der Waals surface area contributed by atoms with E-state index in [9.17, 15) is 9.18 Å². The summed E-state index contributed by atoms with van der Waals surface area (Å²) in [6.45, 7) is 0.391. The highest BCUT2D eigenvalue weighted by atomic mass is 19.1. The Kier molecular flexibility index (Phi) is 4.14. The number of hydrogen-bond donors (Lipinski definition) is 2. The Hall–Kier alpha value is -2.63. The van der Waals surface area contributed by atoms with Gasteiger partial charge in [0, 0.05) is 18.8 Å². The summed E-state index contributed by atoms with van der Waals surface area (Å²) in [5.41, 5.74) is 6.28. The molecule has 1 aromatic heterocycles. The zero-order chi connectivity index (χ0) is 14.5. The van der Waals surface area contributed by atoms with Crippen molar-refractivity contribution in [1.29, 1.82) is 0 Å². The number of rotatable bonds is 5. The molecule has 1 heterocycles. The molecule has 0 unspecified atom stereocenters. The van der Waals surface area contributed by atoms with E-state index in [0.717, 1.165) is 5.56 Å². The van der Waals surface area contributed by atoms with Crippen molar-refractivity contribution in [2.75, 3.05) is 12.4 Å². The Bertz CT molecular complexity index is 632. The molecule has 0 fully saturated rings. The molecule has 0 atom stereocenters. The van der Waals surface area contributed by atoms with Crippen LogP contribution in [-0.2, 0) is 6.54 Å². The van der Waals surface area contributed by atoms with E-state index in [2.05, 4.69) is 10.3 Å². The molecule has 1 aromatic carbocycles. The second-order valence-electron chi connectivity index (χ2n) is 4.09. The van der Waals surface area contributed by atoms with E-state index in [4.69, 9.17) is 10.5 Å². The van der Waals surface area contributed by atoms with Crippen LogP contribution in [0.3, 0.4) is 0 Å². The van der Waals surface area contributed by atoms with Crippen LogP contribution in [-0.4, -0.2) is 18.0 Å². The van der Waals surface area contributed by atoms with E-state index < -0.39 is 11.7 Å². The Labute approximate surface area is 115 Å². The van der Waals surface area contributed by atoms with Crippen LogP contribution in [0.5, 0.6) is 5.88 Å². The molecule has 0 radical (unpaired) electrons. The van der Waals surface area contributed by atoms with Gasteiger partial charge in [0.1, 0.15) is 5.82 Å². The maximum Gasteiger partial charge on any atom is 0.253 e. The fourth-order valence-electron chi connectivity index (χ4n) is 1.79. The van der Waals surface area contributed by atoms with Crippen molar-refractivity contribution in [3.8, 4) is 5.88 Å². The summed E-state index contributed by atoms with van der Waals surface area (Å²) in [5, 5.41) is 2.98. The molecule has 2 rings (SSSR count). The van der Waals surface area contributed by atoms with Crippen LogP contribution in [0.4, 0.5) is 10.1 Å². The number of carbonyl (C=O) groups excluding carboxylic acids is 1. The molecule has 3 N–H and O–H groups in total. The fourth-order valence-corrected chi connectivity index (χ4v) is 1.79. The average Bonchev–Trinajstić information content (AvgIpc) is 2.45. The molecular formula is C14H14FN3O2. The third-order valence-corrected chi connectivity index (χ3v) is 2.75. The van der Waals surface area contributed by atoms with E-state index in [1.54, 1.807) is 24.4 Å². The number of pyridine rings is 1. The van der Waals surface area contributed by atoms with Gasteiger partial charge < -0.3 is 15.8 Å². The molecule has 5 nitrogen and oxygen atoms in total.